The van der Waals surface area contributed by atoms with E-state index in [0.717, 1.165) is 18.5 Å². The third kappa shape index (κ3) is 5.41. The molecule has 0 fully saturated rings. The molecule has 1 heteroatoms. The minimum Gasteiger partial charge on any atom is -0.402 e. The molecule has 0 radical (unpaired) electrons. The largest absolute Gasteiger partial charge is 0.402 e. The molecule has 0 aliphatic carbocycles. The van der Waals surface area contributed by atoms with E-state index in [1.807, 2.05) is 0 Å². The van der Waals surface area contributed by atoms with E-state index in [4.69, 9.17) is 5.73 Å². The molecule has 0 rings (SSSR count). The molecule has 9 heavy (non-hydrogen) atoms. The summed E-state index contributed by atoms with van der Waals surface area (Å²) in [4.78, 5) is 0. The highest BCUT2D eigenvalue weighted by Crippen LogP contribution is 1.98. The van der Waals surface area contributed by atoms with Crippen LogP contribution in [0.3, 0.4) is 0 Å². The normalized spacial score (nSPS) is 12.0. The summed E-state index contributed by atoms with van der Waals surface area (Å²) >= 11 is 0. The average Bonchev–Trinajstić information content (AvgIpc) is 1.89. The Balaban J connectivity index is 3.21. The zero-order chi connectivity index (χ0) is 7.11. The van der Waals surface area contributed by atoms with Gasteiger partial charge in [0, 0.05) is 5.70 Å². The van der Waals surface area contributed by atoms with Crippen molar-refractivity contribution in [1.82, 2.24) is 0 Å². The van der Waals surface area contributed by atoms with Gasteiger partial charge in [-0.15, -0.1) is 0 Å². The Kier molecular flexibility index (Phi) is 5.38. The summed E-state index contributed by atoms with van der Waals surface area (Å²) in [5.41, 5.74) is 6.61. The van der Waals surface area contributed by atoms with Gasteiger partial charge in [0.05, 0.1) is 0 Å². The van der Waals surface area contributed by atoms with Gasteiger partial charge in [-0.1, -0.05) is 32.8 Å². The van der Waals surface area contributed by atoms with E-state index in [1.165, 1.54) is 12.8 Å². The molecule has 0 heterocycles. The molecule has 0 aliphatic rings. The van der Waals surface area contributed by atoms with Gasteiger partial charge in [0.1, 0.15) is 0 Å². The van der Waals surface area contributed by atoms with Crippen LogP contribution in [-0.2, 0) is 0 Å². The molecule has 0 unspecified atom stereocenters. The Bertz CT molecular complexity index is 84.6. The fourth-order valence-corrected chi connectivity index (χ4v) is 0.636. The molecular formula is C8H17N. The third-order valence-electron chi connectivity index (χ3n) is 1.37. The Hall–Kier alpha value is -0.460. The zero-order valence-corrected chi connectivity index (χ0v) is 6.48. The molecule has 0 aromatic heterocycles. The number of allylic oxidation sites excluding steroid dienone is 2. The summed E-state index contributed by atoms with van der Waals surface area (Å²) in [5.74, 6) is 0. The van der Waals surface area contributed by atoms with Crippen LogP contribution in [0.25, 0.3) is 0 Å². The van der Waals surface area contributed by atoms with Crippen LogP contribution < -0.4 is 5.73 Å². The molecule has 54 valence electrons. The second-order valence-electron chi connectivity index (χ2n) is 2.27. The van der Waals surface area contributed by atoms with E-state index in [1.54, 1.807) is 0 Å². The van der Waals surface area contributed by atoms with Crippen LogP contribution in [-0.4, -0.2) is 0 Å². The van der Waals surface area contributed by atoms with Gasteiger partial charge in [-0.05, 0) is 12.8 Å². The van der Waals surface area contributed by atoms with Crippen LogP contribution in [0.5, 0.6) is 0 Å². The van der Waals surface area contributed by atoms with Crippen molar-refractivity contribution in [2.75, 3.05) is 0 Å². The molecule has 0 saturated heterocycles. The highest BCUT2D eigenvalue weighted by Gasteiger charge is 1.82. The van der Waals surface area contributed by atoms with Gasteiger partial charge in [0.2, 0.25) is 0 Å². The van der Waals surface area contributed by atoms with Crippen LogP contribution in [0.15, 0.2) is 11.8 Å². The topological polar surface area (TPSA) is 26.0 Å². The van der Waals surface area contributed by atoms with E-state index in [0.29, 0.717) is 0 Å². The standard InChI is InChI=1S/C8H17N/c1-3-5-6-7-8(9)4-2/h7H,3-6,9H2,1-2H3/b8-7-. The summed E-state index contributed by atoms with van der Waals surface area (Å²) in [5, 5.41) is 0. The molecule has 0 saturated carbocycles. The highest BCUT2D eigenvalue weighted by atomic mass is 14.6. The number of unbranched alkanes of at least 4 members (excludes halogenated alkanes) is 2. The van der Waals surface area contributed by atoms with Gasteiger partial charge in [0.25, 0.3) is 0 Å². The maximum Gasteiger partial charge on any atom is 0.00371 e. The van der Waals surface area contributed by atoms with Crippen molar-refractivity contribution in [1.29, 1.82) is 0 Å². The molecule has 2 N–H and O–H groups in total. The minimum atomic E-state index is 0.990. The lowest BCUT2D eigenvalue weighted by atomic mass is 10.2. The van der Waals surface area contributed by atoms with Gasteiger partial charge >= 0.3 is 0 Å². The molecule has 0 bridgehead atoms. The summed E-state index contributed by atoms with van der Waals surface area (Å²) in [7, 11) is 0. The van der Waals surface area contributed by atoms with Crippen molar-refractivity contribution < 1.29 is 0 Å². The molecule has 0 aromatic carbocycles. The molecule has 0 spiro atoms. The summed E-state index contributed by atoms with van der Waals surface area (Å²) in [6.45, 7) is 4.27. The van der Waals surface area contributed by atoms with Crippen LogP contribution in [0.1, 0.15) is 39.5 Å². The van der Waals surface area contributed by atoms with Gasteiger partial charge in [-0.25, -0.2) is 0 Å². The lowest BCUT2D eigenvalue weighted by Gasteiger charge is -1.93. The first-order valence-electron chi connectivity index (χ1n) is 3.75. The second-order valence-corrected chi connectivity index (χ2v) is 2.27. The predicted molar refractivity (Wildman–Crippen MR) is 42.1 cm³/mol. The number of hydrogen-bond acceptors (Lipinski definition) is 1. The van der Waals surface area contributed by atoms with Crippen molar-refractivity contribution >= 4 is 0 Å². The number of hydrogen-bond donors (Lipinski definition) is 1. The Morgan fingerprint density at radius 3 is 2.56 bits per heavy atom. The second kappa shape index (κ2) is 5.67. The van der Waals surface area contributed by atoms with Crippen molar-refractivity contribution in [2.45, 2.75) is 39.5 Å². The third-order valence-corrected chi connectivity index (χ3v) is 1.37. The minimum absolute atomic E-state index is 0.990. The highest BCUT2D eigenvalue weighted by molar-refractivity contribution is 4.94. The van der Waals surface area contributed by atoms with Gasteiger partial charge < -0.3 is 5.73 Å². The maximum atomic E-state index is 5.57. The average molecular weight is 127 g/mol. The maximum absolute atomic E-state index is 5.57. The molecular weight excluding hydrogens is 110 g/mol. The van der Waals surface area contributed by atoms with Gasteiger partial charge in [-0.2, -0.15) is 0 Å². The number of rotatable bonds is 4. The first kappa shape index (κ1) is 8.54. The fraction of sp³-hybridized carbons (Fsp3) is 0.750. The van der Waals surface area contributed by atoms with Crippen LogP contribution >= 0.6 is 0 Å². The summed E-state index contributed by atoms with van der Waals surface area (Å²) in [6.07, 6.45) is 6.79. The van der Waals surface area contributed by atoms with E-state index in [-0.39, 0.29) is 0 Å². The first-order valence-corrected chi connectivity index (χ1v) is 3.75. The first-order chi connectivity index (χ1) is 4.31. The van der Waals surface area contributed by atoms with E-state index >= 15 is 0 Å². The molecule has 0 aliphatic heterocycles. The SMILES string of the molecule is CCCC/C=C(\N)CC. The van der Waals surface area contributed by atoms with Crippen molar-refractivity contribution in [2.24, 2.45) is 5.73 Å². The van der Waals surface area contributed by atoms with Crippen LogP contribution in [0.4, 0.5) is 0 Å². The van der Waals surface area contributed by atoms with Crippen LogP contribution in [0, 0.1) is 0 Å². The smallest absolute Gasteiger partial charge is 0.00371 e. The fourth-order valence-electron chi connectivity index (χ4n) is 0.636. The van der Waals surface area contributed by atoms with Crippen molar-refractivity contribution in [3.05, 3.63) is 11.8 Å². The van der Waals surface area contributed by atoms with E-state index in [9.17, 15) is 0 Å². The summed E-state index contributed by atoms with van der Waals surface area (Å²) in [6, 6.07) is 0. The molecule has 1 nitrogen and oxygen atoms in total. The molecule has 0 amide bonds. The molecule has 0 aromatic rings. The Morgan fingerprint density at radius 2 is 2.11 bits per heavy atom. The quantitative estimate of drug-likeness (QED) is 0.577. The van der Waals surface area contributed by atoms with Gasteiger partial charge in [-0.3, -0.25) is 0 Å². The Morgan fingerprint density at radius 1 is 1.44 bits per heavy atom. The Labute approximate surface area is 57.9 Å². The van der Waals surface area contributed by atoms with E-state index in [2.05, 4.69) is 19.9 Å². The molecule has 0 atom stereocenters. The monoisotopic (exact) mass is 127 g/mol. The van der Waals surface area contributed by atoms with E-state index < -0.39 is 0 Å². The summed E-state index contributed by atoms with van der Waals surface area (Å²) < 4.78 is 0. The predicted octanol–water partition coefficient (Wildman–Crippen LogP) is 2.43. The zero-order valence-electron chi connectivity index (χ0n) is 6.48. The van der Waals surface area contributed by atoms with Crippen LogP contribution in [0.2, 0.25) is 0 Å². The number of nitrogens with two attached hydrogens (primary N) is 1. The van der Waals surface area contributed by atoms with Crippen molar-refractivity contribution in [3.63, 3.8) is 0 Å². The van der Waals surface area contributed by atoms with Gasteiger partial charge in [0.15, 0.2) is 0 Å². The lowest BCUT2D eigenvalue weighted by molar-refractivity contribution is 0.806. The lowest BCUT2D eigenvalue weighted by Crippen LogP contribution is -1.93. The van der Waals surface area contributed by atoms with Crippen molar-refractivity contribution in [3.8, 4) is 0 Å².